The molecule has 0 bridgehead atoms. The van der Waals surface area contributed by atoms with Gasteiger partial charge in [-0.1, -0.05) is 0 Å². The normalized spacial score (nSPS) is 42.6. The Bertz CT molecular complexity index is 207. The largest absolute Gasteiger partial charge is 0.394 e. The van der Waals surface area contributed by atoms with E-state index in [2.05, 4.69) is 4.90 Å². The number of rotatable bonds is 3. The quantitative estimate of drug-likeness (QED) is 0.537. The molecule has 2 saturated heterocycles. The fourth-order valence-electron chi connectivity index (χ4n) is 2.66. The minimum atomic E-state index is -0.610. The van der Waals surface area contributed by atoms with Gasteiger partial charge < -0.3 is 20.7 Å². The molecular weight excluding hydrogens is 196 g/mol. The van der Waals surface area contributed by atoms with Crippen molar-refractivity contribution in [2.75, 3.05) is 26.2 Å². The van der Waals surface area contributed by atoms with Crippen LogP contribution >= 0.6 is 0 Å². The van der Waals surface area contributed by atoms with Crippen LogP contribution in [0, 0.1) is 0 Å². The summed E-state index contributed by atoms with van der Waals surface area (Å²) in [7, 11) is 0. The smallest absolute Gasteiger partial charge is 0.109 e. The Morgan fingerprint density at radius 2 is 1.93 bits per heavy atom. The van der Waals surface area contributed by atoms with Gasteiger partial charge in [0.2, 0.25) is 0 Å². The average Bonchev–Trinajstić information content (AvgIpc) is 2.84. The predicted octanol–water partition coefficient (Wildman–Crippen LogP) is -1.47. The molecule has 4 N–H and O–H groups in total. The molecule has 2 rings (SSSR count). The summed E-state index contributed by atoms with van der Waals surface area (Å²) in [6, 6.07) is -0.0327. The topological polar surface area (TPSA) is 79.0 Å². The van der Waals surface area contributed by atoms with Crippen molar-refractivity contribution in [3.05, 3.63) is 0 Å². The lowest BCUT2D eigenvalue weighted by molar-refractivity contribution is -0.0193. The van der Waals surface area contributed by atoms with E-state index in [4.69, 9.17) is 15.6 Å². The van der Waals surface area contributed by atoms with Crippen LogP contribution in [0.3, 0.4) is 0 Å². The van der Waals surface area contributed by atoms with Crippen molar-refractivity contribution in [3.63, 3.8) is 0 Å². The first-order chi connectivity index (χ1) is 7.27. The maximum Gasteiger partial charge on any atom is 0.109 e. The minimum absolute atomic E-state index is 0.0327. The molecule has 2 fully saturated rings. The van der Waals surface area contributed by atoms with Gasteiger partial charge in [0.15, 0.2) is 0 Å². The molecule has 15 heavy (non-hydrogen) atoms. The van der Waals surface area contributed by atoms with E-state index < -0.39 is 12.2 Å². The van der Waals surface area contributed by atoms with Gasteiger partial charge in [-0.05, 0) is 25.9 Å². The van der Waals surface area contributed by atoms with E-state index in [1.165, 1.54) is 12.8 Å². The second-order valence-electron chi connectivity index (χ2n) is 4.36. The number of hydrogen-bond donors (Lipinski definition) is 3. The van der Waals surface area contributed by atoms with E-state index in [1.807, 2.05) is 0 Å². The molecule has 0 unspecified atom stereocenters. The lowest BCUT2D eigenvalue weighted by Crippen LogP contribution is -2.48. The van der Waals surface area contributed by atoms with Crippen LogP contribution in [0.1, 0.15) is 12.8 Å². The van der Waals surface area contributed by atoms with Crippen LogP contribution in [0.15, 0.2) is 0 Å². The van der Waals surface area contributed by atoms with Gasteiger partial charge in [-0.15, -0.1) is 0 Å². The second-order valence-corrected chi connectivity index (χ2v) is 4.36. The molecule has 0 saturated carbocycles. The Balaban J connectivity index is 2.05. The Labute approximate surface area is 89.8 Å². The number of ether oxygens (including phenoxy) is 1. The highest BCUT2D eigenvalue weighted by Crippen LogP contribution is 2.27. The van der Waals surface area contributed by atoms with Crippen molar-refractivity contribution in [3.8, 4) is 0 Å². The van der Waals surface area contributed by atoms with E-state index in [1.54, 1.807) is 0 Å². The summed E-state index contributed by atoms with van der Waals surface area (Å²) in [4.78, 5) is 2.23. The minimum Gasteiger partial charge on any atom is -0.394 e. The molecule has 0 amide bonds. The first-order valence-corrected chi connectivity index (χ1v) is 5.66. The number of nitrogens with zero attached hydrogens (tertiary/aromatic N) is 1. The van der Waals surface area contributed by atoms with Gasteiger partial charge in [0, 0.05) is 6.54 Å². The molecule has 2 heterocycles. The third kappa shape index (κ3) is 2.03. The van der Waals surface area contributed by atoms with E-state index in [0.717, 1.165) is 13.1 Å². The third-order valence-corrected chi connectivity index (χ3v) is 3.44. The molecule has 0 aromatic rings. The Morgan fingerprint density at radius 3 is 2.47 bits per heavy atom. The summed E-state index contributed by atoms with van der Waals surface area (Å²) in [5.74, 6) is 0. The molecule has 0 aromatic carbocycles. The highest BCUT2D eigenvalue weighted by molar-refractivity contribution is 4.98. The molecule has 0 aromatic heterocycles. The predicted molar refractivity (Wildman–Crippen MR) is 55.4 cm³/mol. The number of nitrogens with two attached hydrogens (primary N) is 1. The first-order valence-electron chi connectivity index (χ1n) is 5.66. The van der Waals surface area contributed by atoms with Crippen molar-refractivity contribution in [2.24, 2.45) is 5.73 Å². The van der Waals surface area contributed by atoms with Crippen molar-refractivity contribution in [1.82, 2.24) is 4.90 Å². The van der Waals surface area contributed by atoms with Gasteiger partial charge in [-0.3, -0.25) is 4.90 Å². The zero-order valence-corrected chi connectivity index (χ0v) is 8.88. The Morgan fingerprint density at radius 1 is 1.27 bits per heavy atom. The summed E-state index contributed by atoms with van der Waals surface area (Å²) in [6.45, 7) is 2.26. The van der Waals surface area contributed by atoms with Crippen LogP contribution in [0.25, 0.3) is 0 Å². The van der Waals surface area contributed by atoms with Gasteiger partial charge in [0.25, 0.3) is 0 Å². The van der Waals surface area contributed by atoms with Crippen LogP contribution in [0.2, 0.25) is 0 Å². The van der Waals surface area contributed by atoms with Crippen LogP contribution in [0.5, 0.6) is 0 Å². The van der Waals surface area contributed by atoms with Gasteiger partial charge >= 0.3 is 0 Å². The van der Waals surface area contributed by atoms with Crippen LogP contribution < -0.4 is 5.73 Å². The molecule has 2 aliphatic heterocycles. The van der Waals surface area contributed by atoms with E-state index >= 15 is 0 Å². The SMILES string of the molecule is NC[C@H]1O[C@@H](CO)[C@@H](O)[C@H]1N1CCCC1. The molecule has 4 atom stereocenters. The second kappa shape index (κ2) is 4.76. The van der Waals surface area contributed by atoms with Crippen molar-refractivity contribution < 1.29 is 14.9 Å². The van der Waals surface area contributed by atoms with Gasteiger partial charge in [0.05, 0.1) is 18.8 Å². The average molecular weight is 216 g/mol. The molecule has 0 spiro atoms. The molecule has 5 nitrogen and oxygen atoms in total. The monoisotopic (exact) mass is 216 g/mol. The summed E-state index contributed by atoms with van der Waals surface area (Å²) in [6.07, 6.45) is 1.12. The number of aliphatic hydroxyl groups is 2. The van der Waals surface area contributed by atoms with E-state index in [9.17, 15) is 5.11 Å². The molecule has 0 aliphatic carbocycles. The Kier molecular flexibility index (Phi) is 3.58. The number of hydrogen-bond acceptors (Lipinski definition) is 5. The lowest BCUT2D eigenvalue weighted by atomic mass is 10.0. The van der Waals surface area contributed by atoms with Crippen LogP contribution in [-0.2, 0) is 4.74 Å². The standard InChI is InChI=1S/C10H20N2O3/c11-5-7-9(12-3-1-2-4-12)10(14)8(6-13)15-7/h7-10,13-14H,1-6,11H2/t7-,8+,9+,10-/m1/s1. The summed E-state index contributed by atoms with van der Waals surface area (Å²) in [5.41, 5.74) is 5.63. The summed E-state index contributed by atoms with van der Waals surface area (Å²) >= 11 is 0. The molecular formula is C10H20N2O3. The van der Waals surface area contributed by atoms with Gasteiger partial charge in [-0.2, -0.15) is 0 Å². The molecule has 5 heteroatoms. The molecule has 0 radical (unpaired) electrons. The van der Waals surface area contributed by atoms with E-state index in [0.29, 0.717) is 6.54 Å². The highest BCUT2D eigenvalue weighted by Gasteiger charge is 2.45. The van der Waals surface area contributed by atoms with Gasteiger partial charge in [-0.25, -0.2) is 0 Å². The highest BCUT2D eigenvalue weighted by atomic mass is 16.5. The summed E-state index contributed by atoms with van der Waals surface area (Å²) < 4.78 is 5.53. The summed E-state index contributed by atoms with van der Waals surface area (Å²) in [5, 5.41) is 19.1. The Hall–Kier alpha value is -0.200. The molecule has 88 valence electrons. The number of aliphatic hydroxyl groups excluding tert-OH is 2. The number of likely N-dealkylation sites (tertiary alicyclic amines) is 1. The maximum atomic E-state index is 10.0. The van der Waals surface area contributed by atoms with Crippen molar-refractivity contribution >= 4 is 0 Å². The lowest BCUT2D eigenvalue weighted by Gasteiger charge is -2.29. The fourth-order valence-corrected chi connectivity index (χ4v) is 2.66. The van der Waals surface area contributed by atoms with Crippen LogP contribution in [0.4, 0.5) is 0 Å². The fraction of sp³-hybridized carbons (Fsp3) is 1.00. The van der Waals surface area contributed by atoms with Crippen LogP contribution in [-0.4, -0.2) is 65.7 Å². The first kappa shape index (κ1) is 11.3. The third-order valence-electron chi connectivity index (χ3n) is 3.44. The zero-order valence-electron chi connectivity index (χ0n) is 8.88. The van der Waals surface area contributed by atoms with Crippen molar-refractivity contribution in [1.29, 1.82) is 0 Å². The maximum absolute atomic E-state index is 10.0. The van der Waals surface area contributed by atoms with E-state index in [-0.39, 0.29) is 18.8 Å². The van der Waals surface area contributed by atoms with Gasteiger partial charge in [0.1, 0.15) is 12.2 Å². The zero-order chi connectivity index (χ0) is 10.8. The molecule has 2 aliphatic rings. The van der Waals surface area contributed by atoms with Crippen molar-refractivity contribution in [2.45, 2.75) is 37.2 Å².